The third kappa shape index (κ3) is 1.48. The fraction of sp³-hybridized carbons (Fsp3) is 0.375. The predicted molar refractivity (Wildman–Crippen MR) is 70.9 cm³/mol. The van der Waals surface area contributed by atoms with Gasteiger partial charge in [0.2, 0.25) is 0 Å². The second-order valence-corrected chi connectivity index (χ2v) is 4.69. The highest BCUT2D eigenvalue weighted by Gasteiger charge is 2.50. The van der Waals surface area contributed by atoms with Gasteiger partial charge in [-0.15, -0.1) is 6.58 Å². The smallest absolute Gasteiger partial charge is 0.178 e. The van der Waals surface area contributed by atoms with Crippen molar-refractivity contribution in [1.82, 2.24) is 0 Å². The van der Waals surface area contributed by atoms with Crippen molar-refractivity contribution in [2.75, 3.05) is 0 Å². The van der Waals surface area contributed by atoms with E-state index in [1.807, 2.05) is 19.9 Å². The van der Waals surface area contributed by atoms with E-state index in [1.54, 1.807) is 12.1 Å². The predicted octanol–water partition coefficient (Wildman–Crippen LogP) is 3.40. The van der Waals surface area contributed by atoms with Gasteiger partial charge in [-0.2, -0.15) is 0 Å². The maximum absolute atomic E-state index is 12.6. The first kappa shape index (κ1) is 12.7. The van der Waals surface area contributed by atoms with Gasteiger partial charge in [0.05, 0.1) is 5.41 Å². The molecule has 1 aromatic carbocycles. The van der Waals surface area contributed by atoms with E-state index in [9.17, 15) is 9.59 Å². The van der Waals surface area contributed by atoms with E-state index in [4.69, 9.17) is 0 Å². The van der Waals surface area contributed by atoms with Gasteiger partial charge in [0.1, 0.15) is 0 Å². The molecule has 0 saturated carbocycles. The van der Waals surface area contributed by atoms with Gasteiger partial charge in [0, 0.05) is 11.1 Å². The van der Waals surface area contributed by atoms with Crippen LogP contribution in [0.15, 0.2) is 24.8 Å². The zero-order valence-electron chi connectivity index (χ0n) is 10.9. The molecule has 2 rings (SSSR count). The quantitative estimate of drug-likeness (QED) is 0.598. The lowest BCUT2D eigenvalue weighted by Crippen LogP contribution is -2.32. The van der Waals surface area contributed by atoms with Gasteiger partial charge in [-0.1, -0.05) is 32.1 Å². The summed E-state index contributed by atoms with van der Waals surface area (Å²) in [7, 11) is 0. The lowest BCUT2D eigenvalue weighted by atomic mass is 9.77. The number of benzene rings is 1. The molecule has 1 radical (unpaired) electrons. The monoisotopic (exact) mass is 241 g/mol. The van der Waals surface area contributed by atoms with E-state index in [2.05, 4.69) is 12.6 Å². The molecule has 0 amide bonds. The van der Waals surface area contributed by atoms with Crippen LogP contribution >= 0.6 is 0 Å². The van der Waals surface area contributed by atoms with E-state index >= 15 is 0 Å². The third-order valence-corrected chi connectivity index (χ3v) is 3.98. The SMILES string of the molecule is C=CCc1cc[c]c2c1C(=O)C(CC)(CC)C2=O. The molecule has 0 N–H and O–H groups in total. The summed E-state index contributed by atoms with van der Waals surface area (Å²) < 4.78 is 0. The molecule has 0 atom stereocenters. The van der Waals surface area contributed by atoms with Gasteiger partial charge in [0.15, 0.2) is 11.6 Å². The first-order valence-corrected chi connectivity index (χ1v) is 6.36. The van der Waals surface area contributed by atoms with Crippen molar-refractivity contribution in [3.05, 3.63) is 47.5 Å². The van der Waals surface area contributed by atoms with Crippen LogP contribution in [0.1, 0.15) is 53.0 Å². The van der Waals surface area contributed by atoms with Gasteiger partial charge in [-0.25, -0.2) is 0 Å². The lowest BCUT2D eigenvalue weighted by Gasteiger charge is -2.21. The Morgan fingerprint density at radius 3 is 2.50 bits per heavy atom. The van der Waals surface area contributed by atoms with Crippen LogP contribution in [0.4, 0.5) is 0 Å². The fourth-order valence-electron chi connectivity index (χ4n) is 2.78. The van der Waals surface area contributed by atoms with Crippen molar-refractivity contribution in [2.45, 2.75) is 33.1 Å². The van der Waals surface area contributed by atoms with Crippen molar-refractivity contribution in [3.63, 3.8) is 0 Å². The zero-order valence-corrected chi connectivity index (χ0v) is 10.9. The Balaban J connectivity index is 2.65. The van der Waals surface area contributed by atoms with Gasteiger partial charge in [0.25, 0.3) is 0 Å². The molecule has 2 heteroatoms. The number of hydrogen-bond donors (Lipinski definition) is 0. The lowest BCUT2D eigenvalue weighted by molar-refractivity contribution is 0.0682. The van der Waals surface area contributed by atoms with Gasteiger partial charge in [-0.05, 0) is 30.9 Å². The van der Waals surface area contributed by atoms with Crippen molar-refractivity contribution >= 4 is 11.6 Å². The average Bonchev–Trinajstić information content (AvgIpc) is 2.61. The highest BCUT2D eigenvalue weighted by atomic mass is 16.2. The molecule has 1 aromatic rings. The van der Waals surface area contributed by atoms with Crippen LogP contribution in [0, 0.1) is 11.5 Å². The van der Waals surface area contributed by atoms with E-state index in [1.165, 1.54) is 0 Å². The average molecular weight is 241 g/mol. The molecular formula is C16H17O2. The number of Topliss-reactive ketones (excluding diaryl/α,β-unsaturated/α-hetero) is 2. The summed E-state index contributed by atoms with van der Waals surface area (Å²) in [5.41, 5.74) is 1.09. The molecule has 0 fully saturated rings. The van der Waals surface area contributed by atoms with Crippen LogP contribution in [0.5, 0.6) is 0 Å². The van der Waals surface area contributed by atoms with E-state index in [0.717, 1.165) is 5.56 Å². The first-order valence-electron chi connectivity index (χ1n) is 6.36. The Morgan fingerprint density at radius 1 is 1.28 bits per heavy atom. The minimum atomic E-state index is -0.851. The minimum absolute atomic E-state index is 0.0267. The normalized spacial score (nSPS) is 16.8. The van der Waals surface area contributed by atoms with Crippen molar-refractivity contribution in [2.24, 2.45) is 5.41 Å². The molecule has 0 aromatic heterocycles. The zero-order chi connectivity index (χ0) is 13.3. The molecule has 2 nitrogen and oxygen atoms in total. The number of ketones is 2. The maximum Gasteiger partial charge on any atom is 0.178 e. The molecule has 93 valence electrons. The van der Waals surface area contributed by atoms with Crippen LogP contribution in [-0.2, 0) is 6.42 Å². The summed E-state index contributed by atoms with van der Waals surface area (Å²) in [5, 5.41) is 0. The van der Waals surface area contributed by atoms with Gasteiger partial charge in [-0.3, -0.25) is 9.59 Å². The second-order valence-electron chi connectivity index (χ2n) is 4.69. The second kappa shape index (κ2) is 4.52. The minimum Gasteiger partial charge on any atom is -0.293 e. The Kier molecular flexibility index (Phi) is 3.20. The molecule has 1 aliphatic rings. The van der Waals surface area contributed by atoms with Crippen LogP contribution in [-0.4, -0.2) is 11.6 Å². The number of carbonyl (C=O) groups excluding carboxylic acids is 2. The van der Waals surface area contributed by atoms with E-state index in [-0.39, 0.29) is 11.6 Å². The van der Waals surface area contributed by atoms with Crippen molar-refractivity contribution in [1.29, 1.82) is 0 Å². The molecule has 0 bridgehead atoms. The molecule has 0 unspecified atom stereocenters. The number of carbonyl (C=O) groups is 2. The Morgan fingerprint density at radius 2 is 1.94 bits per heavy atom. The van der Waals surface area contributed by atoms with Crippen LogP contribution < -0.4 is 0 Å². The number of rotatable bonds is 4. The van der Waals surface area contributed by atoms with Crippen LogP contribution in [0.25, 0.3) is 0 Å². The highest BCUT2D eigenvalue weighted by Crippen LogP contribution is 2.43. The summed E-state index contributed by atoms with van der Waals surface area (Å²) in [4.78, 5) is 25.1. The Hall–Kier alpha value is -1.70. The van der Waals surface area contributed by atoms with Crippen molar-refractivity contribution in [3.8, 4) is 0 Å². The summed E-state index contributed by atoms with van der Waals surface area (Å²) in [6.07, 6.45) is 3.47. The standard InChI is InChI=1S/C16H17O2/c1-4-8-11-9-7-10-12-13(11)15(18)16(5-2,6-3)14(12)17/h4,7,9H,1,5-6,8H2,2-3H3. The largest absolute Gasteiger partial charge is 0.293 e. The maximum atomic E-state index is 12.6. The summed E-state index contributed by atoms with van der Waals surface area (Å²) in [5.74, 6) is -0.0837. The number of fused-ring (bicyclic) bond motifs is 1. The van der Waals surface area contributed by atoms with Crippen LogP contribution in [0.3, 0.4) is 0 Å². The summed E-state index contributed by atoms with van der Waals surface area (Å²) >= 11 is 0. The first-order chi connectivity index (χ1) is 8.62. The molecule has 0 heterocycles. The molecule has 0 spiro atoms. The van der Waals surface area contributed by atoms with Crippen molar-refractivity contribution < 1.29 is 9.59 Å². The fourth-order valence-corrected chi connectivity index (χ4v) is 2.78. The molecular weight excluding hydrogens is 224 g/mol. The molecule has 0 saturated heterocycles. The Labute approximate surface area is 108 Å². The summed E-state index contributed by atoms with van der Waals surface area (Å²) in [6.45, 7) is 7.50. The van der Waals surface area contributed by atoms with E-state index in [0.29, 0.717) is 30.4 Å². The van der Waals surface area contributed by atoms with E-state index < -0.39 is 5.41 Å². The summed E-state index contributed by atoms with van der Waals surface area (Å²) in [6, 6.07) is 6.53. The van der Waals surface area contributed by atoms with Gasteiger partial charge < -0.3 is 0 Å². The van der Waals surface area contributed by atoms with Gasteiger partial charge >= 0.3 is 0 Å². The number of hydrogen-bond acceptors (Lipinski definition) is 2. The molecule has 18 heavy (non-hydrogen) atoms. The molecule has 1 aliphatic carbocycles. The third-order valence-electron chi connectivity index (χ3n) is 3.98. The van der Waals surface area contributed by atoms with Crippen LogP contribution in [0.2, 0.25) is 0 Å². The Bertz CT molecular complexity index is 522. The highest BCUT2D eigenvalue weighted by molar-refractivity contribution is 6.29. The topological polar surface area (TPSA) is 34.1 Å². The molecule has 0 aliphatic heterocycles. The number of allylic oxidation sites excluding steroid dienone is 1.